The third-order valence-corrected chi connectivity index (χ3v) is 3.84. The minimum atomic E-state index is 0.686. The van der Waals surface area contributed by atoms with E-state index >= 15 is 0 Å². The minimum absolute atomic E-state index is 0.686. The van der Waals surface area contributed by atoms with Gasteiger partial charge in [-0.1, -0.05) is 25.1 Å². The van der Waals surface area contributed by atoms with Crippen molar-refractivity contribution in [2.75, 3.05) is 24.5 Å². The quantitative estimate of drug-likeness (QED) is 0.775. The van der Waals surface area contributed by atoms with E-state index in [1.165, 1.54) is 43.5 Å². The van der Waals surface area contributed by atoms with Crippen LogP contribution in [0.4, 0.5) is 5.69 Å². The van der Waals surface area contributed by atoms with Gasteiger partial charge in [0.1, 0.15) is 0 Å². The smallest absolute Gasteiger partial charge is 0.0401 e. The van der Waals surface area contributed by atoms with Gasteiger partial charge in [0, 0.05) is 18.3 Å². The number of aryl methyl sites for hydroxylation is 1. The van der Waals surface area contributed by atoms with Crippen LogP contribution in [0.3, 0.4) is 0 Å². The Balaban J connectivity index is 1.90. The number of nitrogens with zero attached hydrogens (tertiary/aromatic N) is 1. The molecule has 0 spiro atoms. The Kier molecular flexibility index (Phi) is 5.06. The van der Waals surface area contributed by atoms with Gasteiger partial charge in [0.25, 0.3) is 0 Å². The summed E-state index contributed by atoms with van der Waals surface area (Å²) in [6, 6.07) is 9.58. The summed E-state index contributed by atoms with van der Waals surface area (Å²) in [6.07, 6.45) is 4.99. The third kappa shape index (κ3) is 3.26. The Labute approximate surface area is 111 Å². The molecule has 2 rings (SSSR count). The second kappa shape index (κ2) is 6.79. The van der Waals surface area contributed by atoms with E-state index in [2.05, 4.69) is 48.3 Å². The van der Waals surface area contributed by atoms with Crippen LogP contribution < -0.4 is 10.2 Å². The van der Waals surface area contributed by atoms with Gasteiger partial charge in [-0.15, -0.1) is 0 Å². The fourth-order valence-electron chi connectivity index (χ4n) is 2.78. The molecular weight excluding hydrogens is 220 g/mol. The van der Waals surface area contributed by atoms with Crippen molar-refractivity contribution in [3.63, 3.8) is 0 Å². The van der Waals surface area contributed by atoms with E-state index in [9.17, 15) is 0 Å². The van der Waals surface area contributed by atoms with Crippen molar-refractivity contribution < 1.29 is 0 Å². The number of anilines is 1. The monoisotopic (exact) mass is 246 g/mol. The molecule has 1 aromatic carbocycles. The van der Waals surface area contributed by atoms with Gasteiger partial charge in [0.2, 0.25) is 0 Å². The molecule has 1 atom stereocenters. The van der Waals surface area contributed by atoms with Crippen molar-refractivity contribution in [1.82, 2.24) is 5.32 Å². The van der Waals surface area contributed by atoms with E-state index in [0.29, 0.717) is 6.04 Å². The molecule has 0 saturated heterocycles. The number of nitrogens with one attached hydrogen (secondary N) is 1. The SMILES string of the molecule is CCCNCCCN1c2ccccc2CCC1C. The predicted octanol–water partition coefficient (Wildman–Crippen LogP) is 3.22. The molecule has 1 aliphatic heterocycles. The van der Waals surface area contributed by atoms with Gasteiger partial charge in [0.05, 0.1) is 0 Å². The zero-order valence-electron chi connectivity index (χ0n) is 11.8. The highest BCUT2D eigenvalue weighted by atomic mass is 15.2. The lowest BCUT2D eigenvalue weighted by atomic mass is 9.96. The maximum absolute atomic E-state index is 3.49. The maximum Gasteiger partial charge on any atom is 0.0401 e. The second-order valence-electron chi connectivity index (χ2n) is 5.31. The lowest BCUT2D eigenvalue weighted by Gasteiger charge is -2.37. The van der Waals surface area contributed by atoms with E-state index in [1.807, 2.05) is 0 Å². The van der Waals surface area contributed by atoms with Crippen molar-refractivity contribution in [2.45, 2.75) is 45.6 Å². The standard InChI is InChI=1S/C16H26N2/c1-3-11-17-12-6-13-18-14(2)9-10-15-7-4-5-8-16(15)18/h4-5,7-8,14,17H,3,6,9-13H2,1-2H3. The van der Waals surface area contributed by atoms with E-state index in [1.54, 1.807) is 0 Å². The van der Waals surface area contributed by atoms with Gasteiger partial charge in [-0.05, 0) is 57.3 Å². The molecule has 1 aromatic rings. The fraction of sp³-hybridized carbons (Fsp3) is 0.625. The number of benzene rings is 1. The van der Waals surface area contributed by atoms with E-state index in [4.69, 9.17) is 0 Å². The lowest BCUT2D eigenvalue weighted by Crippen LogP contribution is -2.39. The molecule has 0 amide bonds. The van der Waals surface area contributed by atoms with Gasteiger partial charge in [-0.25, -0.2) is 0 Å². The lowest BCUT2D eigenvalue weighted by molar-refractivity contribution is 0.539. The Morgan fingerprint density at radius 3 is 2.94 bits per heavy atom. The van der Waals surface area contributed by atoms with Crippen LogP contribution >= 0.6 is 0 Å². The molecule has 0 aliphatic carbocycles. The topological polar surface area (TPSA) is 15.3 Å². The van der Waals surface area contributed by atoms with Crippen LogP contribution in [0.5, 0.6) is 0 Å². The van der Waals surface area contributed by atoms with Crippen LogP contribution in [0.15, 0.2) is 24.3 Å². The molecular formula is C16H26N2. The summed E-state index contributed by atoms with van der Waals surface area (Å²) in [6.45, 7) is 8.03. The Bertz CT molecular complexity index is 362. The largest absolute Gasteiger partial charge is 0.369 e. The van der Waals surface area contributed by atoms with Gasteiger partial charge in [-0.3, -0.25) is 0 Å². The molecule has 1 heterocycles. The van der Waals surface area contributed by atoms with Gasteiger partial charge in [-0.2, -0.15) is 0 Å². The van der Waals surface area contributed by atoms with Crippen LogP contribution in [0, 0.1) is 0 Å². The first-order valence-corrected chi connectivity index (χ1v) is 7.38. The highest BCUT2D eigenvalue weighted by molar-refractivity contribution is 5.56. The Morgan fingerprint density at radius 2 is 2.11 bits per heavy atom. The summed E-state index contributed by atoms with van der Waals surface area (Å²) in [5.74, 6) is 0. The van der Waals surface area contributed by atoms with Crippen molar-refractivity contribution in [2.24, 2.45) is 0 Å². The summed E-state index contributed by atoms with van der Waals surface area (Å²) < 4.78 is 0. The zero-order valence-corrected chi connectivity index (χ0v) is 11.8. The number of hydrogen-bond donors (Lipinski definition) is 1. The average molecular weight is 246 g/mol. The number of hydrogen-bond acceptors (Lipinski definition) is 2. The normalized spacial score (nSPS) is 18.8. The highest BCUT2D eigenvalue weighted by Crippen LogP contribution is 2.30. The number of fused-ring (bicyclic) bond motifs is 1. The molecule has 0 saturated carbocycles. The van der Waals surface area contributed by atoms with Crippen LogP contribution in [0.2, 0.25) is 0 Å². The van der Waals surface area contributed by atoms with Crippen molar-refractivity contribution in [3.8, 4) is 0 Å². The first-order valence-electron chi connectivity index (χ1n) is 7.38. The van der Waals surface area contributed by atoms with E-state index in [0.717, 1.165) is 13.1 Å². The van der Waals surface area contributed by atoms with Gasteiger partial charge >= 0.3 is 0 Å². The Morgan fingerprint density at radius 1 is 1.28 bits per heavy atom. The molecule has 100 valence electrons. The minimum Gasteiger partial charge on any atom is -0.369 e. The molecule has 2 heteroatoms. The molecule has 1 aliphatic rings. The molecule has 2 nitrogen and oxygen atoms in total. The molecule has 0 fully saturated rings. The number of rotatable bonds is 6. The fourth-order valence-corrected chi connectivity index (χ4v) is 2.78. The third-order valence-electron chi connectivity index (χ3n) is 3.84. The molecule has 0 radical (unpaired) electrons. The second-order valence-corrected chi connectivity index (χ2v) is 5.31. The summed E-state index contributed by atoms with van der Waals surface area (Å²) in [7, 11) is 0. The highest BCUT2D eigenvalue weighted by Gasteiger charge is 2.21. The van der Waals surface area contributed by atoms with Crippen LogP contribution in [0.1, 0.15) is 38.7 Å². The van der Waals surface area contributed by atoms with Gasteiger partial charge in [0.15, 0.2) is 0 Å². The van der Waals surface area contributed by atoms with E-state index < -0.39 is 0 Å². The predicted molar refractivity (Wildman–Crippen MR) is 79.3 cm³/mol. The first-order chi connectivity index (χ1) is 8.83. The Hall–Kier alpha value is -1.02. The van der Waals surface area contributed by atoms with Crippen molar-refractivity contribution >= 4 is 5.69 Å². The zero-order chi connectivity index (χ0) is 12.8. The first kappa shape index (κ1) is 13.4. The van der Waals surface area contributed by atoms with Crippen molar-refractivity contribution in [1.29, 1.82) is 0 Å². The molecule has 1 N–H and O–H groups in total. The summed E-state index contributed by atoms with van der Waals surface area (Å²) in [5.41, 5.74) is 2.99. The molecule has 18 heavy (non-hydrogen) atoms. The van der Waals surface area contributed by atoms with Crippen LogP contribution in [-0.4, -0.2) is 25.7 Å². The van der Waals surface area contributed by atoms with Crippen LogP contribution in [0.25, 0.3) is 0 Å². The number of para-hydroxylation sites is 1. The maximum atomic E-state index is 3.49. The summed E-state index contributed by atoms with van der Waals surface area (Å²) in [4.78, 5) is 2.59. The van der Waals surface area contributed by atoms with Crippen molar-refractivity contribution in [3.05, 3.63) is 29.8 Å². The molecule has 0 aromatic heterocycles. The van der Waals surface area contributed by atoms with E-state index in [-0.39, 0.29) is 0 Å². The van der Waals surface area contributed by atoms with Crippen LogP contribution in [-0.2, 0) is 6.42 Å². The summed E-state index contributed by atoms with van der Waals surface area (Å²) >= 11 is 0. The van der Waals surface area contributed by atoms with Gasteiger partial charge < -0.3 is 10.2 Å². The molecule has 1 unspecified atom stereocenters. The molecule has 0 bridgehead atoms. The average Bonchev–Trinajstić information content (AvgIpc) is 2.41. The summed E-state index contributed by atoms with van der Waals surface area (Å²) in [5, 5.41) is 3.49.